The van der Waals surface area contributed by atoms with E-state index in [2.05, 4.69) is 10.4 Å². The molecule has 0 unspecified atom stereocenters. The van der Waals surface area contributed by atoms with E-state index >= 15 is 0 Å². The van der Waals surface area contributed by atoms with E-state index in [0.29, 0.717) is 11.3 Å². The minimum absolute atomic E-state index is 0.0389. The predicted octanol–water partition coefficient (Wildman–Crippen LogP) is 4.95. The van der Waals surface area contributed by atoms with Gasteiger partial charge in [-0.05, 0) is 19.1 Å². The number of amides is 2. The van der Waals surface area contributed by atoms with E-state index in [4.69, 9.17) is 0 Å². The Morgan fingerprint density at radius 1 is 0.974 bits per heavy atom. The number of para-hydroxylation sites is 1. The lowest BCUT2D eigenvalue weighted by Gasteiger charge is -2.44. The molecular weight excluding hydrogens is 497 g/mol. The summed E-state index contributed by atoms with van der Waals surface area (Å²) in [5.74, 6) is -3.16. The van der Waals surface area contributed by atoms with Crippen LogP contribution in [0.2, 0.25) is 0 Å². The molecule has 1 aromatic heterocycles. The molecule has 3 atom stereocenters. The van der Waals surface area contributed by atoms with Gasteiger partial charge in [-0.25, -0.2) is 9.48 Å². The van der Waals surface area contributed by atoms with Crippen LogP contribution in [-0.4, -0.2) is 38.6 Å². The Kier molecular flexibility index (Phi) is 6.28. The smallest absolute Gasteiger partial charge is 0.363 e. The van der Waals surface area contributed by atoms with Gasteiger partial charge in [0.1, 0.15) is 5.92 Å². The Balaban J connectivity index is 1.73. The number of nitrogens with zero attached hydrogens (tertiary/aromatic N) is 2. The number of Topliss-reactive ketones (excluding diaryl/α,β-unsaturated/α-hetero) is 1. The van der Waals surface area contributed by atoms with Gasteiger partial charge in [-0.15, -0.1) is 0 Å². The van der Waals surface area contributed by atoms with Crippen LogP contribution in [0.5, 0.6) is 0 Å². The Morgan fingerprint density at radius 2 is 1.58 bits per heavy atom. The van der Waals surface area contributed by atoms with Gasteiger partial charge in [0.15, 0.2) is 5.78 Å². The molecule has 1 saturated heterocycles. The van der Waals surface area contributed by atoms with Crippen LogP contribution in [0.1, 0.15) is 27.5 Å². The van der Waals surface area contributed by atoms with Gasteiger partial charge in [0.25, 0.3) is 0 Å². The Bertz CT molecular complexity index is 1470. The maximum absolute atomic E-state index is 14.4. The number of rotatable bonds is 5. The van der Waals surface area contributed by atoms with Gasteiger partial charge in [-0.3, -0.25) is 4.79 Å². The van der Waals surface area contributed by atoms with Crippen molar-refractivity contribution in [3.05, 3.63) is 108 Å². The zero-order valence-electron chi connectivity index (χ0n) is 20.1. The number of benzene rings is 3. The Labute approximate surface area is 215 Å². The van der Waals surface area contributed by atoms with Crippen LogP contribution in [0.4, 0.5) is 18.0 Å². The number of carbonyl (C=O) groups excluding carboxylic acids is 2. The van der Waals surface area contributed by atoms with Crippen LogP contribution < -0.4 is 10.6 Å². The quantitative estimate of drug-likeness (QED) is 0.325. The first-order valence-electron chi connectivity index (χ1n) is 11.8. The number of aromatic nitrogens is 2. The van der Waals surface area contributed by atoms with Crippen LogP contribution in [0, 0.1) is 12.8 Å². The second-order valence-electron chi connectivity index (χ2n) is 9.13. The molecule has 3 N–H and O–H groups in total. The lowest BCUT2D eigenvalue weighted by Crippen LogP contribution is -2.72. The van der Waals surface area contributed by atoms with Crippen LogP contribution in [0.25, 0.3) is 16.9 Å². The van der Waals surface area contributed by atoms with E-state index in [1.807, 2.05) is 0 Å². The van der Waals surface area contributed by atoms with Gasteiger partial charge in [0.2, 0.25) is 5.72 Å². The molecule has 0 bridgehead atoms. The van der Waals surface area contributed by atoms with Crippen molar-refractivity contribution in [3.63, 3.8) is 0 Å². The molecule has 7 nitrogen and oxygen atoms in total. The number of ketones is 1. The summed E-state index contributed by atoms with van der Waals surface area (Å²) in [4.78, 5) is 26.3. The molecule has 0 saturated carbocycles. The van der Waals surface area contributed by atoms with Gasteiger partial charge in [0, 0.05) is 22.9 Å². The second-order valence-corrected chi connectivity index (χ2v) is 9.13. The second kappa shape index (κ2) is 9.46. The number of urea groups is 1. The van der Waals surface area contributed by atoms with E-state index in [1.54, 1.807) is 85.0 Å². The lowest BCUT2D eigenvalue weighted by atomic mass is 9.77. The van der Waals surface area contributed by atoms with Gasteiger partial charge < -0.3 is 15.7 Å². The van der Waals surface area contributed by atoms with E-state index in [0.717, 1.165) is 5.56 Å². The number of nitrogens with one attached hydrogen (secondary N) is 2. The van der Waals surface area contributed by atoms with E-state index < -0.39 is 35.7 Å². The van der Waals surface area contributed by atoms with Crippen molar-refractivity contribution in [1.29, 1.82) is 0 Å². The molecule has 194 valence electrons. The van der Waals surface area contributed by atoms with Crippen molar-refractivity contribution in [1.82, 2.24) is 20.4 Å². The average Bonchev–Trinajstić information content (AvgIpc) is 3.34. The topological polar surface area (TPSA) is 96.2 Å². The van der Waals surface area contributed by atoms with Gasteiger partial charge in [0.05, 0.1) is 17.4 Å². The van der Waals surface area contributed by atoms with Crippen LogP contribution in [0.3, 0.4) is 0 Å². The number of aliphatic hydroxyl groups is 1. The summed E-state index contributed by atoms with van der Waals surface area (Å²) in [7, 11) is 0. The predicted molar refractivity (Wildman–Crippen MR) is 133 cm³/mol. The number of alkyl halides is 3. The fourth-order valence-corrected chi connectivity index (χ4v) is 4.64. The summed E-state index contributed by atoms with van der Waals surface area (Å²) in [6.45, 7) is 1.77. The zero-order chi connectivity index (χ0) is 27.1. The maximum Gasteiger partial charge on any atom is 0.437 e. The van der Waals surface area contributed by atoms with E-state index in [1.165, 1.54) is 23.0 Å². The first-order valence-corrected chi connectivity index (χ1v) is 11.8. The first-order chi connectivity index (χ1) is 18.1. The van der Waals surface area contributed by atoms with Crippen LogP contribution >= 0.6 is 0 Å². The minimum atomic E-state index is -5.36. The minimum Gasteiger partial charge on any atom is -0.363 e. The molecule has 10 heteroatoms. The van der Waals surface area contributed by atoms with Gasteiger partial charge >= 0.3 is 12.2 Å². The standard InChI is InChI=1S/C28H23F3N4O3/c1-17-12-14-19(15-13-17)25(36)22-24(32-26(37)33-27(22,38)28(29,30)31)21-16-35(20-10-6-3-7-11-20)34-23(21)18-8-4-2-5-9-18/h2-16,22,24,38H,1H3,(H2,32,33,37)/t22-,24-,27+/m1/s1. The molecule has 0 radical (unpaired) electrons. The number of hydrogen-bond donors (Lipinski definition) is 3. The number of carbonyl (C=O) groups is 2. The monoisotopic (exact) mass is 520 g/mol. The fraction of sp³-hybridized carbons (Fsp3) is 0.179. The van der Waals surface area contributed by atoms with Crippen molar-refractivity contribution in [2.45, 2.75) is 24.9 Å². The molecule has 1 fully saturated rings. The van der Waals surface area contributed by atoms with Crippen molar-refractivity contribution in [2.24, 2.45) is 5.92 Å². The van der Waals surface area contributed by atoms with E-state index in [9.17, 15) is 27.9 Å². The third kappa shape index (κ3) is 4.43. The Hall–Kier alpha value is -4.44. The molecule has 4 aromatic rings. The first kappa shape index (κ1) is 25.2. The molecule has 0 aliphatic carbocycles. The van der Waals surface area contributed by atoms with Crippen LogP contribution in [-0.2, 0) is 0 Å². The van der Waals surface area contributed by atoms with Crippen molar-refractivity contribution in [3.8, 4) is 16.9 Å². The summed E-state index contributed by atoms with van der Waals surface area (Å²) in [5, 5.41) is 19.6. The molecule has 3 aromatic carbocycles. The number of aryl methyl sites for hydroxylation is 1. The SMILES string of the molecule is Cc1ccc(C(=O)[C@H]2[C@@H](c3cn(-c4ccccc4)nc3-c3ccccc3)NC(=O)N[C@@]2(O)C(F)(F)F)cc1. The summed E-state index contributed by atoms with van der Waals surface area (Å²) >= 11 is 0. The van der Waals surface area contributed by atoms with Gasteiger partial charge in [-0.1, -0.05) is 78.4 Å². The van der Waals surface area contributed by atoms with Crippen molar-refractivity contribution in [2.75, 3.05) is 0 Å². The maximum atomic E-state index is 14.4. The summed E-state index contributed by atoms with van der Waals surface area (Å²) in [6.07, 6.45) is -3.89. The largest absolute Gasteiger partial charge is 0.437 e. The van der Waals surface area contributed by atoms with Crippen LogP contribution in [0.15, 0.2) is 91.1 Å². The molecule has 1 aliphatic rings. The molecule has 38 heavy (non-hydrogen) atoms. The van der Waals surface area contributed by atoms with Crippen molar-refractivity contribution < 1.29 is 27.9 Å². The molecule has 5 rings (SSSR count). The third-order valence-corrected chi connectivity index (χ3v) is 6.57. The fourth-order valence-electron chi connectivity index (χ4n) is 4.64. The molecule has 2 amide bonds. The third-order valence-electron chi connectivity index (χ3n) is 6.57. The Morgan fingerprint density at radius 3 is 2.18 bits per heavy atom. The lowest BCUT2D eigenvalue weighted by molar-refractivity contribution is -0.287. The van der Waals surface area contributed by atoms with Gasteiger partial charge in [-0.2, -0.15) is 18.3 Å². The molecule has 1 aliphatic heterocycles. The summed E-state index contributed by atoms with van der Waals surface area (Å²) in [6, 6.07) is 20.7. The highest BCUT2D eigenvalue weighted by atomic mass is 19.4. The molecule has 2 heterocycles. The van der Waals surface area contributed by atoms with Crippen molar-refractivity contribution >= 4 is 11.8 Å². The normalized spacial score (nSPS) is 21.4. The highest BCUT2D eigenvalue weighted by molar-refractivity contribution is 6.00. The summed E-state index contributed by atoms with van der Waals surface area (Å²) in [5.41, 5.74) is -1.51. The highest BCUT2D eigenvalue weighted by Gasteiger charge is 2.66. The summed E-state index contributed by atoms with van der Waals surface area (Å²) < 4.78 is 44.7. The zero-order valence-corrected chi connectivity index (χ0v) is 20.1. The number of hydrogen-bond acceptors (Lipinski definition) is 4. The number of halogens is 3. The average molecular weight is 521 g/mol. The molecular formula is C28H23F3N4O3. The van der Waals surface area contributed by atoms with E-state index in [-0.39, 0.29) is 16.8 Å². The highest BCUT2D eigenvalue weighted by Crippen LogP contribution is 2.45. The molecule has 0 spiro atoms.